The van der Waals surface area contributed by atoms with E-state index in [1.165, 1.54) is 0 Å². The molecule has 1 aromatic rings. The molecule has 0 spiro atoms. The molecule has 0 aliphatic carbocycles. The predicted molar refractivity (Wildman–Crippen MR) is 73.0 cm³/mol. The van der Waals surface area contributed by atoms with Gasteiger partial charge < -0.3 is 14.8 Å². The third kappa shape index (κ3) is 3.90. The fourth-order valence-electron chi connectivity index (χ4n) is 2.59. The number of halogens is 2. The summed E-state index contributed by atoms with van der Waals surface area (Å²) in [7, 11) is 0. The van der Waals surface area contributed by atoms with Gasteiger partial charge in [0.1, 0.15) is 5.75 Å². The Morgan fingerprint density at radius 1 is 1.40 bits per heavy atom. The molecule has 1 heterocycles. The molecule has 112 valence electrons. The van der Waals surface area contributed by atoms with Crippen LogP contribution in [-0.4, -0.2) is 26.4 Å². The van der Waals surface area contributed by atoms with Gasteiger partial charge in [0.15, 0.2) is 0 Å². The number of hydrogen-bond donors (Lipinski definition) is 1. The first-order chi connectivity index (χ1) is 9.72. The van der Waals surface area contributed by atoms with E-state index < -0.39 is 6.61 Å². The fourth-order valence-corrected chi connectivity index (χ4v) is 2.59. The van der Waals surface area contributed by atoms with E-state index >= 15 is 0 Å². The molecule has 1 aromatic carbocycles. The minimum absolute atomic E-state index is 0.00704. The molecular formula is C15H21F2NO2. The maximum atomic E-state index is 12.5. The topological polar surface area (TPSA) is 30.5 Å². The van der Waals surface area contributed by atoms with Crippen LogP contribution in [0.1, 0.15) is 31.4 Å². The number of rotatable bonds is 7. The number of ether oxygens (including phenoxy) is 2. The van der Waals surface area contributed by atoms with Crippen LogP contribution in [0.2, 0.25) is 0 Å². The van der Waals surface area contributed by atoms with E-state index in [9.17, 15) is 8.78 Å². The normalized spacial score (nSPS) is 20.3. The van der Waals surface area contributed by atoms with E-state index in [0.717, 1.165) is 31.6 Å². The van der Waals surface area contributed by atoms with Gasteiger partial charge in [0.2, 0.25) is 0 Å². The smallest absolute Gasteiger partial charge is 0.387 e. The van der Waals surface area contributed by atoms with Gasteiger partial charge in [-0.05, 0) is 25.5 Å². The molecule has 2 unspecified atom stereocenters. The van der Waals surface area contributed by atoms with Crippen LogP contribution in [0.3, 0.4) is 0 Å². The highest BCUT2D eigenvalue weighted by Gasteiger charge is 2.29. The van der Waals surface area contributed by atoms with Crippen LogP contribution < -0.4 is 10.1 Å². The summed E-state index contributed by atoms with van der Waals surface area (Å²) >= 11 is 0. The minimum atomic E-state index is -2.80. The van der Waals surface area contributed by atoms with Gasteiger partial charge in [-0.2, -0.15) is 8.78 Å². The Balaban J connectivity index is 2.22. The van der Waals surface area contributed by atoms with Crippen molar-refractivity contribution < 1.29 is 18.3 Å². The van der Waals surface area contributed by atoms with E-state index in [0.29, 0.717) is 12.5 Å². The van der Waals surface area contributed by atoms with E-state index in [4.69, 9.17) is 4.74 Å². The Morgan fingerprint density at radius 2 is 2.20 bits per heavy atom. The Hall–Kier alpha value is -1.20. The van der Waals surface area contributed by atoms with Crippen LogP contribution in [0.5, 0.6) is 5.75 Å². The zero-order chi connectivity index (χ0) is 14.4. The SMILES string of the molecule is CCCNC(c1ccccc1OC(F)F)C1CCOC1. The van der Waals surface area contributed by atoms with Crippen molar-refractivity contribution in [1.82, 2.24) is 5.32 Å². The van der Waals surface area contributed by atoms with Crippen LogP contribution in [0.4, 0.5) is 8.78 Å². The second-order valence-electron chi connectivity index (χ2n) is 4.97. The largest absolute Gasteiger partial charge is 0.434 e. The summed E-state index contributed by atoms with van der Waals surface area (Å²) in [6.45, 7) is 1.50. The van der Waals surface area contributed by atoms with Gasteiger partial charge in [-0.1, -0.05) is 25.1 Å². The summed E-state index contributed by atoms with van der Waals surface area (Å²) in [6, 6.07) is 7.00. The van der Waals surface area contributed by atoms with Gasteiger partial charge in [0.25, 0.3) is 0 Å². The lowest BCUT2D eigenvalue weighted by Gasteiger charge is -2.26. The molecule has 0 saturated carbocycles. The highest BCUT2D eigenvalue weighted by atomic mass is 19.3. The highest BCUT2D eigenvalue weighted by molar-refractivity contribution is 5.36. The third-order valence-corrected chi connectivity index (χ3v) is 3.52. The van der Waals surface area contributed by atoms with Crippen LogP contribution >= 0.6 is 0 Å². The van der Waals surface area contributed by atoms with Crippen LogP contribution in [-0.2, 0) is 4.74 Å². The van der Waals surface area contributed by atoms with Gasteiger partial charge in [0.05, 0.1) is 6.61 Å². The maximum Gasteiger partial charge on any atom is 0.387 e. The zero-order valence-electron chi connectivity index (χ0n) is 11.6. The molecule has 5 heteroatoms. The average molecular weight is 285 g/mol. The van der Waals surface area contributed by atoms with Crippen molar-refractivity contribution in [3.63, 3.8) is 0 Å². The van der Waals surface area contributed by atoms with E-state index in [2.05, 4.69) is 17.0 Å². The predicted octanol–water partition coefficient (Wildman–Crippen LogP) is 3.37. The zero-order valence-corrected chi connectivity index (χ0v) is 11.6. The molecule has 1 aliphatic rings. The molecule has 3 nitrogen and oxygen atoms in total. The summed E-state index contributed by atoms with van der Waals surface area (Å²) in [5.41, 5.74) is 0.789. The molecule has 1 fully saturated rings. The van der Waals surface area contributed by atoms with E-state index in [1.807, 2.05) is 12.1 Å². The molecule has 1 N–H and O–H groups in total. The van der Waals surface area contributed by atoms with Crippen LogP contribution in [0, 0.1) is 5.92 Å². The molecule has 0 aromatic heterocycles. The minimum Gasteiger partial charge on any atom is -0.434 e. The van der Waals surface area contributed by atoms with Crippen LogP contribution in [0.15, 0.2) is 24.3 Å². The molecule has 1 saturated heterocycles. The number of benzene rings is 1. The first-order valence-electron chi connectivity index (χ1n) is 7.07. The molecule has 0 radical (unpaired) electrons. The Kier molecular flexibility index (Phi) is 5.73. The third-order valence-electron chi connectivity index (χ3n) is 3.52. The second kappa shape index (κ2) is 7.55. The number of nitrogens with one attached hydrogen (secondary N) is 1. The van der Waals surface area contributed by atoms with Gasteiger partial charge >= 0.3 is 6.61 Å². The average Bonchev–Trinajstić information content (AvgIpc) is 2.94. The van der Waals surface area contributed by atoms with Gasteiger partial charge in [-0.3, -0.25) is 0 Å². The number of alkyl halides is 2. The van der Waals surface area contributed by atoms with Crippen molar-refractivity contribution >= 4 is 0 Å². The van der Waals surface area contributed by atoms with Crippen molar-refractivity contribution in [1.29, 1.82) is 0 Å². The molecule has 0 amide bonds. The van der Waals surface area contributed by atoms with Gasteiger partial charge in [-0.25, -0.2) is 0 Å². The summed E-state index contributed by atoms with van der Waals surface area (Å²) in [5.74, 6) is 0.548. The van der Waals surface area contributed by atoms with Crippen molar-refractivity contribution in [3.05, 3.63) is 29.8 Å². The van der Waals surface area contributed by atoms with Crippen molar-refractivity contribution in [2.75, 3.05) is 19.8 Å². The summed E-state index contributed by atoms with van der Waals surface area (Å²) in [4.78, 5) is 0. The summed E-state index contributed by atoms with van der Waals surface area (Å²) in [6.07, 6.45) is 1.92. The van der Waals surface area contributed by atoms with Crippen molar-refractivity contribution in [3.8, 4) is 5.75 Å². The lowest BCUT2D eigenvalue weighted by atomic mass is 9.91. The quantitative estimate of drug-likeness (QED) is 0.833. The number of para-hydroxylation sites is 1. The molecule has 2 rings (SSSR count). The van der Waals surface area contributed by atoms with Crippen molar-refractivity contribution in [2.24, 2.45) is 5.92 Å². The van der Waals surface area contributed by atoms with Crippen molar-refractivity contribution in [2.45, 2.75) is 32.4 Å². The monoisotopic (exact) mass is 285 g/mol. The lowest BCUT2D eigenvalue weighted by Crippen LogP contribution is -2.30. The Bertz CT molecular complexity index is 409. The van der Waals surface area contributed by atoms with E-state index in [-0.39, 0.29) is 11.8 Å². The van der Waals surface area contributed by atoms with Gasteiger partial charge in [-0.15, -0.1) is 0 Å². The molecular weight excluding hydrogens is 264 g/mol. The maximum absolute atomic E-state index is 12.5. The van der Waals surface area contributed by atoms with Gasteiger partial charge in [0, 0.05) is 24.1 Å². The highest BCUT2D eigenvalue weighted by Crippen LogP contribution is 2.34. The summed E-state index contributed by atoms with van der Waals surface area (Å²) < 4.78 is 35.1. The summed E-state index contributed by atoms with van der Waals surface area (Å²) in [5, 5.41) is 3.44. The molecule has 20 heavy (non-hydrogen) atoms. The van der Waals surface area contributed by atoms with Crippen LogP contribution in [0.25, 0.3) is 0 Å². The second-order valence-corrected chi connectivity index (χ2v) is 4.97. The molecule has 0 bridgehead atoms. The molecule has 1 aliphatic heterocycles. The lowest BCUT2D eigenvalue weighted by molar-refractivity contribution is -0.0509. The molecule has 2 atom stereocenters. The van der Waals surface area contributed by atoms with E-state index in [1.54, 1.807) is 12.1 Å². The number of hydrogen-bond acceptors (Lipinski definition) is 3. The first-order valence-corrected chi connectivity index (χ1v) is 7.07. The standard InChI is InChI=1S/C15H21F2NO2/c1-2-8-18-14(11-7-9-19-10-11)12-5-3-4-6-13(12)20-15(16)17/h3-6,11,14-15,18H,2,7-10H2,1H3. The Labute approximate surface area is 118 Å². The first kappa shape index (κ1) is 15.2. The Morgan fingerprint density at radius 3 is 2.85 bits per heavy atom. The fraction of sp³-hybridized carbons (Fsp3) is 0.600.